The smallest absolute Gasteiger partial charge is 0.262 e. The number of nitrogens with one attached hydrogen (secondary N) is 1. The molecular formula is C12H17NO4S. The molecule has 100 valence electrons. The van der Waals surface area contributed by atoms with Gasteiger partial charge in [0.2, 0.25) is 0 Å². The minimum Gasteiger partial charge on any atom is -0.295 e. The lowest BCUT2D eigenvalue weighted by Crippen LogP contribution is -2.25. The minimum atomic E-state index is -3.68. The first-order chi connectivity index (χ1) is 8.33. The first-order valence-electron chi connectivity index (χ1n) is 5.57. The molecule has 0 saturated heterocycles. The van der Waals surface area contributed by atoms with Crippen LogP contribution in [0.15, 0.2) is 29.2 Å². The Hall–Kier alpha value is -1.24. The van der Waals surface area contributed by atoms with Gasteiger partial charge in [-0.1, -0.05) is 30.9 Å². The Kier molecular flexibility index (Phi) is 5.01. The minimum absolute atomic E-state index is 0.0660. The number of carbonyl (C=O) groups excluding carboxylic acids is 1. The van der Waals surface area contributed by atoms with E-state index in [4.69, 9.17) is 4.84 Å². The molecule has 0 aliphatic carbocycles. The van der Waals surface area contributed by atoms with Crippen molar-refractivity contribution in [1.29, 1.82) is 0 Å². The SMILES string of the molecule is CC(=O)c1ccc(S(=O)(=O)NOCC(C)C)cc1. The summed E-state index contributed by atoms with van der Waals surface area (Å²) in [5, 5.41) is 0. The fourth-order valence-corrected chi connectivity index (χ4v) is 2.01. The monoisotopic (exact) mass is 271 g/mol. The third-order valence-electron chi connectivity index (χ3n) is 2.16. The lowest BCUT2D eigenvalue weighted by atomic mass is 10.2. The van der Waals surface area contributed by atoms with Gasteiger partial charge in [0.05, 0.1) is 11.5 Å². The van der Waals surface area contributed by atoms with Gasteiger partial charge in [0, 0.05) is 5.56 Å². The van der Waals surface area contributed by atoms with Crippen molar-refractivity contribution in [3.63, 3.8) is 0 Å². The van der Waals surface area contributed by atoms with Gasteiger partial charge in [-0.15, -0.1) is 0 Å². The highest BCUT2D eigenvalue weighted by Gasteiger charge is 2.14. The molecule has 1 aromatic rings. The fourth-order valence-electron chi connectivity index (χ4n) is 1.20. The molecule has 1 rings (SSSR count). The highest BCUT2D eigenvalue weighted by atomic mass is 32.2. The van der Waals surface area contributed by atoms with E-state index in [1.165, 1.54) is 31.2 Å². The Labute approximate surface area is 107 Å². The Morgan fingerprint density at radius 2 is 1.83 bits per heavy atom. The van der Waals surface area contributed by atoms with Crippen LogP contribution in [-0.4, -0.2) is 20.8 Å². The quantitative estimate of drug-likeness (QED) is 0.632. The molecule has 0 aliphatic rings. The van der Waals surface area contributed by atoms with E-state index in [0.717, 1.165) is 0 Å². The third-order valence-corrected chi connectivity index (χ3v) is 3.39. The topological polar surface area (TPSA) is 72.5 Å². The van der Waals surface area contributed by atoms with E-state index in [1.807, 2.05) is 18.7 Å². The lowest BCUT2D eigenvalue weighted by molar-refractivity contribution is 0.0718. The van der Waals surface area contributed by atoms with Crippen LogP contribution in [0.4, 0.5) is 0 Å². The molecule has 1 N–H and O–H groups in total. The summed E-state index contributed by atoms with van der Waals surface area (Å²) < 4.78 is 23.5. The molecule has 0 bridgehead atoms. The van der Waals surface area contributed by atoms with Crippen LogP contribution in [0.3, 0.4) is 0 Å². The molecule has 0 spiro atoms. The largest absolute Gasteiger partial charge is 0.295 e. The molecule has 0 aliphatic heterocycles. The van der Waals surface area contributed by atoms with Crippen molar-refractivity contribution < 1.29 is 18.0 Å². The lowest BCUT2D eigenvalue weighted by Gasteiger charge is -2.09. The maximum atomic E-state index is 11.8. The molecule has 6 heteroatoms. The standard InChI is InChI=1S/C12H17NO4S/c1-9(2)8-17-13-18(15,16)12-6-4-11(5-7-12)10(3)14/h4-7,9,13H,8H2,1-3H3. The summed E-state index contributed by atoms with van der Waals surface area (Å²) >= 11 is 0. The number of ketones is 1. The third kappa shape index (κ3) is 4.21. The van der Waals surface area contributed by atoms with Crippen LogP contribution in [0.5, 0.6) is 0 Å². The van der Waals surface area contributed by atoms with Crippen molar-refractivity contribution in [2.45, 2.75) is 25.7 Å². The number of hydrogen-bond donors (Lipinski definition) is 1. The van der Waals surface area contributed by atoms with E-state index in [1.54, 1.807) is 0 Å². The van der Waals surface area contributed by atoms with E-state index in [0.29, 0.717) is 12.2 Å². The first kappa shape index (κ1) is 14.8. The van der Waals surface area contributed by atoms with Gasteiger partial charge in [0.1, 0.15) is 0 Å². The van der Waals surface area contributed by atoms with Crippen LogP contribution in [0.2, 0.25) is 0 Å². The molecule has 0 saturated carbocycles. The highest BCUT2D eigenvalue weighted by Crippen LogP contribution is 2.11. The van der Waals surface area contributed by atoms with Crippen LogP contribution >= 0.6 is 0 Å². The van der Waals surface area contributed by atoms with Crippen molar-refractivity contribution in [2.24, 2.45) is 5.92 Å². The average Bonchev–Trinajstić information content (AvgIpc) is 2.28. The Bertz CT molecular complexity index is 505. The van der Waals surface area contributed by atoms with Gasteiger partial charge in [-0.05, 0) is 25.0 Å². The summed E-state index contributed by atoms with van der Waals surface area (Å²) in [5.41, 5.74) is 0.469. The van der Waals surface area contributed by atoms with Gasteiger partial charge < -0.3 is 0 Å². The zero-order chi connectivity index (χ0) is 13.8. The second kappa shape index (κ2) is 6.08. The molecule has 1 aromatic carbocycles. The summed E-state index contributed by atoms with van der Waals surface area (Å²) in [6.45, 7) is 5.55. The number of carbonyl (C=O) groups is 1. The Balaban J connectivity index is 2.76. The van der Waals surface area contributed by atoms with Crippen molar-refractivity contribution in [3.05, 3.63) is 29.8 Å². The van der Waals surface area contributed by atoms with Gasteiger partial charge >= 0.3 is 0 Å². The Morgan fingerprint density at radius 1 is 1.28 bits per heavy atom. The first-order valence-corrected chi connectivity index (χ1v) is 7.06. The normalized spacial score (nSPS) is 11.8. The summed E-state index contributed by atoms with van der Waals surface area (Å²) in [6, 6.07) is 5.69. The zero-order valence-corrected chi connectivity index (χ0v) is 11.5. The number of hydrogen-bond acceptors (Lipinski definition) is 4. The molecule has 0 heterocycles. The predicted molar refractivity (Wildman–Crippen MR) is 67.6 cm³/mol. The summed E-state index contributed by atoms with van der Waals surface area (Å²) in [6.07, 6.45) is 0. The Morgan fingerprint density at radius 3 is 2.28 bits per heavy atom. The summed E-state index contributed by atoms with van der Waals surface area (Å²) in [4.78, 5) is 18.1. The average molecular weight is 271 g/mol. The van der Waals surface area contributed by atoms with Crippen molar-refractivity contribution in [2.75, 3.05) is 6.61 Å². The zero-order valence-electron chi connectivity index (χ0n) is 10.6. The van der Waals surface area contributed by atoms with E-state index < -0.39 is 10.0 Å². The molecule has 0 aromatic heterocycles. The van der Waals surface area contributed by atoms with E-state index in [2.05, 4.69) is 0 Å². The van der Waals surface area contributed by atoms with E-state index >= 15 is 0 Å². The molecule has 5 nitrogen and oxygen atoms in total. The molecular weight excluding hydrogens is 254 g/mol. The number of Topliss-reactive ketones (excluding diaryl/α,β-unsaturated/α-hetero) is 1. The number of benzene rings is 1. The van der Waals surface area contributed by atoms with Crippen molar-refractivity contribution in [1.82, 2.24) is 4.89 Å². The molecule has 0 amide bonds. The van der Waals surface area contributed by atoms with Crippen LogP contribution in [0.25, 0.3) is 0 Å². The van der Waals surface area contributed by atoms with Gasteiger partial charge in [0.25, 0.3) is 10.0 Å². The van der Waals surface area contributed by atoms with Crippen molar-refractivity contribution >= 4 is 15.8 Å². The fraction of sp³-hybridized carbons (Fsp3) is 0.417. The maximum absolute atomic E-state index is 11.8. The van der Waals surface area contributed by atoms with Gasteiger partial charge in [-0.2, -0.15) is 0 Å². The van der Waals surface area contributed by atoms with Gasteiger partial charge in [-0.25, -0.2) is 8.42 Å². The highest BCUT2D eigenvalue weighted by molar-refractivity contribution is 7.89. The second-order valence-electron chi connectivity index (χ2n) is 4.37. The summed E-state index contributed by atoms with van der Waals surface area (Å²) in [7, 11) is -3.68. The molecule has 0 unspecified atom stereocenters. The van der Waals surface area contributed by atoms with Crippen LogP contribution in [0.1, 0.15) is 31.1 Å². The molecule has 0 atom stereocenters. The number of rotatable bonds is 6. The van der Waals surface area contributed by atoms with Gasteiger partial charge in [-0.3, -0.25) is 9.63 Å². The van der Waals surface area contributed by atoms with E-state index in [-0.39, 0.29) is 16.6 Å². The molecule has 0 radical (unpaired) electrons. The second-order valence-corrected chi connectivity index (χ2v) is 6.02. The van der Waals surface area contributed by atoms with Crippen LogP contribution < -0.4 is 4.89 Å². The van der Waals surface area contributed by atoms with Crippen LogP contribution in [0, 0.1) is 5.92 Å². The number of sulfonamides is 1. The van der Waals surface area contributed by atoms with Crippen LogP contribution in [-0.2, 0) is 14.9 Å². The van der Waals surface area contributed by atoms with Gasteiger partial charge in [0.15, 0.2) is 5.78 Å². The maximum Gasteiger partial charge on any atom is 0.262 e. The van der Waals surface area contributed by atoms with E-state index in [9.17, 15) is 13.2 Å². The van der Waals surface area contributed by atoms with Crippen molar-refractivity contribution in [3.8, 4) is 0 Å². The summed E-state index contributed by atoms with van der Waals surface area (Å²) in [5.74, 6) is 0.121. The predicted octanol–water partition coefficient (Wildman–Crippen LogP) is 1.76. The molecule has 18 heavy (non-hydrogen) atoms. The molecule has 0 fully saturated rings.